The number of halogens is 5. The van der Waals surface area contributed by atoms with Crippen molar-refractivity contribution in [1.29, 1.82) is 0 Å². The summed E-state index contributed by atoms with van der Waals surface area (Å²) in [5.41, 5.74) is -0.383. The van der Waals surface area contributed by atoms with Crippen LogP contribution >= 0.6 is 0 Å². The Balaban J connectivity index is 2.71. The van der Waals surface area contributed by atoms with Gasteiger partial charge in [-0.05, 0) is 12.1 Å². The third-order valence-electron chi connectivity index (χ3n) is 2.15. The van der Waals surface area contributed by atoms with Crippen LogP contribution in [0.2, 0.25) is 0 Å². The van der Waals surface area contributed by atoms with E-state index in [0.29, 0.717) is 4.57 Å². The highest BCUT2D eigenvalue weighted by atomic mass is 19.4. The highest BCUT2D eigenvalue weighted by Gasteiger charge is 2.31. The van der Waals surface area contributed by atoms with Crippen molar-refractivity contribution in [3.05, 3.63) is 24.0 Å². The minimum Gasteiger partial charge on any atom is -0.390 e. The third-order valence-corrected chi connectivity index (χ3v) is 2.15. The minimum atomic E-state index is -4.52. The van der Waals surface area contributed by atoms with Crippen LogP contribution in [0.3, 0.4) is 0 Å². The summed E-state index contributed by atoms with van der Waals surface area (Å²) in [7, 11) is 0. The second kappa shape index (κ2) is 5.55. The molecule has 0 bridgehead atoms. The SMILES string of the molecule is O=C(NCC(F)(F)CO)c1cccn1CC(F)(F)F. The Bertz CT molecular complexity index is 441. The van der Waals surface area contributed by atoms with Crippen LogP contribution in [-0.4, -0.2) is 40.8 Å². The van der Waals surface area contributed by atoms with Gasteiger partial charge in [-0.1, -0.05) is 0 Å². The van der Waals surface area contributed by atoms with Crippen LogP contribution in [0.5, 0.6) is 0 Å². The second-order valence-corrected chi connectivity index (χ2v) is 3.83. The van der Waals surface area contributed by atoms with E-state index in [0.717, 1.165) is 12.3 Å². The molecular weight excluding hydrogens is 275 g/mol. The summed E-state index contributed by atoms with van der Waals surface area (Å²) >= 11 is 0. The van der Waals surface area contributed by atoms with Gasteiger partial charge in [0.15, 0.2) is 0 Å². The summed E-state index contributed by atoms with van der Waals surface area (Å²) in [5.74, 6) is -4.58. The maximum Gasteiger partial charge on any atom is 0.406 e. The Morgan fingerprint density at radius 1 is 1.32 bits per heavy atom. The average Bonchev–Trinajstić information content (AvgIpc) is 2.71. The van der Waals surface area contributed by atoms with Crippen LogP contribution in [-0.2, 0) is 6.54 Å². The van der Waals surface area contributed by atoms with Gasteiger partial charge >= 0.3 is 6.18 Å². The summed E-state index contributed by atoms with van der Waals surface area (Å²) in [5, 5.41) is 10.1. The second-order valence-electron chi connectivity index (χ2n) is 3.83. The number of amides is 1. The molecule has 2 N–H and O–H groups in total. The predicted molar refractivity (Wildman–Crippen MR) is 54.9 cm³/mol. The first-order valence-corrected chi connectivity index (χ1v) is 5.13. The Morgan fingerprint density at radius 3 is 2.47 bits per heavy atom. The van der Waals surface area contributed by atoms with Gasteiger partial charge in [0.25, 0.3) is 11.8 Å². The van der Waals surface area contributed by atoms with E-state index in [1.54, 1.807) is 5.32 Å². The first kappa shape index (κ1) is 15.4. The molecule has 0 saturated carbocycles. The van der Waals surface area contributed by atoms with E-state index < -0.39 is 37.7 Å². The Hall–Kier alpha value is -1.64. The number of nitrogens with one attached hydrogen (secondary N) is 1. The number of aliphatic hydroxyl groups is 1. The molecule has 0 saturated heterocycles. The van der Waals surface area contributed by atoms with Crippen molar-refractivity contribution < 1.29 is 31.9 Å². The van der Waals surface area contributed by atoms with E-state index in [-0.39, 0.29) is 5.69 Å². The molecule has 19 heavy (non-hydrogen) atoms. The molecule has 1 heterocycles. The molecule has 0 spiro atoms. The molecule has 4 nitrogen and oxygen atoms in total. The molecule has 0 aromatic carbocycles. The molecule has 0 aliphatic heterocycles. The van der Waals surface area contributed by atoms with E-state index in [1.165, 1.54) is 6.07 Å². The summed E-state index contributed by atoms with van der Waals surface area (Å²) < 4.78 is 62.5. The van der Waals surface area contributed by atoms with Gasteiger partial charge in [0.05, 0.1) is 6.54 Å². The average molecular weight is 286 g/mol. The molecule has 0 radical (unpaired) electrons. The van der Waals surface area contributed by atoms with Gasteiger partial charge in [0.2, 0.25) is 0 Å². The fourth-order valence-corrected chi connectivity index (χ4v) is 1.31. The Morgan fingerprint density at radius 2 is 1.95 bits per heavy atom. The number of rotatable bonds is 5. The molecule has 0 atom stereocenters. The lowest BCUT2D eigenvalue weighted by Crippen LogP contribution is -2.39. The molecule has 0 unspecified atom stereocenters. The molecule has 0 aliphatic carbocycles. The van der Waals surface area contributed by atoms with Crippen molar-refractivity contribution in [3.8, 4) is 0 Å². The molecule has 108 valence electrons. The highest BCUT2D eigenvalue weighted by Crippen LogP contribution is 2.19. The zero-order valence-electron chi connectivity index (χ0n) is 9.55. The lowest BCUT2D eigenvalue weighted by Gasteiger charge is -2.15. The largest absolute Gasteiger partial charge is 0.406 e. The van der Waals surface area contributed by atoms with Gasteiger partial charge in [0, 0.05) is 6.20 Å². The topological polar surface area (TPSA) is 54.3 Å². The van der Waals surface area contributed by atoms with Crippen molar-refractivity contribution in [3.63, 3.8) is 0 Å². The van der Waals surface area contributed by atoms with E-state index in [4.69, 9.17) is 5.11 Å². The first-order valence-electron chi connectivity index (χ1n) is 5.13. The van der Waals surface area contributed by atoms with Gasteiger partial charge in [-0.2, -0.15) is 13.2 Å². The summed E-state index contributed by atoms with van der Waals surface area (Å²) in [6.07, 6.45) is -3.50. The number of nitrogens with zero attached hydrogens (tertiary/aromatic N) is 1. The van der Waals surface area contributed by atoms with Crippen LogP contribution in [0.15, 0.2) is 18.3 Å². The fourth-order valence-electron chi connectivity index (χ4n) is 1.31. The number of hydrogen-bond acceptors (Lipinski definition) is 2. The quantitative estimate of drug-likeness (QED) is 0.804. The van der Waals surface area contributed by atoms with Crippen molar-refractivity contribution in [2.24, 2.45) is 0 Å². The number of carbonyl (C=O) groups is 1. The predicted octanol–water partition coefficient (Wildman–Crippen LogP) is 1.41. The molecule has 9 heteroatoms. The number of carbonyl (C=O) groups excluding carboxylic acids is 1. The first-order chi connectivity index (χ1) is 8.64. The Kier molecular flexibility index (Phi) is 4.51. The number of hydrogen-bond donors (Lipinski definition) is 2. The summed E-state index contributed by atoms with van der Waals surface area (Å²) in [4.78, 5) is 11.5. The van der Waals surface area contributed by atoms with Crippen molar-refractivity contribution in [2.75, 3.05) is 13.2 Å². The maximum atomic E-state index is 12.7. The van der Waals surface area contributed by atoms with E-state index in [1.807, 2.05) is 0 Å². The van der Waals surface area contributed by atoms with Gasteiger partial charge in [-0.15, -0.1) is 0 Å². The van der Waals surface area contributed by atoms with Gasteiger partial charge in [0.1, 0.15) is 18.8 Å². The molecule has 0 aliphatic rings. The molecule has 1 amide bonds. The van der Waals surface area contributed by atoms with Gasteiger partial charge < -0.3 is 15.0 Å². The summed E-state index contributed by atoms with van der Waals surface area (Å²) in [6.45, 7) is -4.00. The van der Waals surface area contributed by atoms with Crippen LogP contribution in [0, 0.1) is 0 Å². The maximum absolute atomic E-state index is 12.7. The Labute approximate surface area is 104 Å². The van der Waals surface area contributed by atoms with E-state index >= 15 is 0 Å². The van der Waals surface area contributed by atoms with Crippen molar-refractivity contribution >= 4 is 5.91 Å². The van der Waals surface area contributed by atoms with Crippen LogP contribution in [0.25, 0.3) is 0 Å². The van der Waals surface area contributed by atoms with Crippen molar-refractivity contribution in [1.82, 2.24) is 9.88 Å². The minimum absolute atomic E-state index is 0.383. The zero-order valence-corrected chi connectivity index (χ0v) is 9.55. The molecule has 0 fully saturated rings. The molecular formula is C10H11F5N2O2. The van der Waals surface area contributed by atoms with Gasteiger partial charge in [-0.3, -0.25) is 4.79 Å². The highest BCUT2D eigenvalue weighted by molar-refractivity contribution is 5.92. The van der Waals surface area contributed by atoms with Gasteiger partial charge in [-0.25, -0.2) is 8.78 Å². The van der Waals surface area contributed by atoms with Crippen LogP contribution in [0.1, 0.15) is 10.5 Å². The monoisotopic (exact) mass is 286 g/mol. The zero-order chi connectivity index (χ0) is 14.7. The smallest absolute Gasteiger partial charge is 0.390 e. The van der Waals surface area contributed by atoms with Crippen LogP contribution < -0.4 is 5.32 Å². The summed E-state index contributed by atoms with van der Waals surface area (Å²) in [6, 6.07) is 2.28. The fraction of sp³-hybridized carbons (Fsp3) is 0.500. The molecule has 1 aromatic rings. The lowest BCUT2D eigenvalue weighted by molar-refractivity contribution is -0.140. The molecule has 1 aromatic heterocycles. The number of aromatic nitrogens is 1. The van der Waals surface area contributed by atoms with Crippen LogP contribution in [0.4, 0.5) is 22.0 Å². The van der Waals surface area contributed by atoms with E-state index in [2.05, 4.69) is 0 Å². The van der Waals surface area contributed by atoms with E-state index in [9.17, 15) is 26.7 Å². The standard InChI is InChI=1S/C10H11F5N2O2/c11-9(12,6-18)4-16-8(19)7-2-1-3-17(7)5-10(13,14)15/h1-3,18H,4-6H2,(H,16,19). The number of aliphatic hydroxyl groups excluding tert-OH is 1. The normalized spacial score (nSPS) is 12.5. The van der Waals surface area contributed by atoms with Crippen molar-refractivity contribution in [2.45, 2.75) is 18.6 Å². The number of alkyl halides is 5. The third kappa shape index (κ3) is 4.86. The molecule has 1 rings (SSSR count). The lowest BCUT2D eigenvalue weighted by atomic mass is 10.3.